The first kappa shape index (κ1) is 11.6. The van der Waals surface area contributed by atoms with Gasteiger partial charge in [0.2, 0.25) is 0 Å². The minimum Gasteiger partial charge on any atom is -0.429 e. The molecule has 9 heteroatoms. The molecule has 0 N–H and O–H groups in total. The van der Waals surface area contributed by atoms with Gasteiger partial charge in [-0.1, -0.05) is 0 Å². The Kier molecular flexibility index (Phi) is 6.48. The zero-order valence-electron chi connectivity index (χ0n) is 6.77. The summed E-state index contributed by atoms with van der Waals surface area (Å²) in [6.45, 7) is 0. The molecule has 1 aliphatic heterocycles. The molecule has 5 nitrogen and oxygen atoms in total. The smallest absolute Gasteiger partial charge is 0.429 e. The molecule has 1 saturated heterocycles. The normalized spacial score (nSPS) is 17.3. The van der Waals surface area contributed by atoms with Gasteiger partial charge in [-0.05, 0) is 0 Å². The predicted molar refractivity (Wildman–Crippen MR) is 40.3 cm³/mol. The molecule has 0 spiro atoms. The Labute approximate surface area is 78.9 Å². The van der Waals surface area contributed by atoms with Crippen molar-refractivity contribution in [1.82, 2.24) is 0 Å². The van der Waals surface area contributed by atoms with Crippen LogP contribution in [-0.2, 0) is 23.0 Å². The Morgan fingerprint density at radius 3 is 1.91 bits per heavy atom. The van der Waals surface area contributed by atoms with Gasteiger partial charge in [0, 0.05) is 33.1 Å². The van der Waals surface area contributed by atoms with Crippen LogP contribution in [0.3, 0.4) is 0 Å². The first-order valence-electron chi connectivity index (χ1n) is 2.70. The molecule has 0 bridgehead atoms. The fourth-order valence-corrected chi connectivity index (χ4v) is 0.500. The Hall–Kier alpha value is 0.592. The van der Waals surface area contributed by atoms with E-state index >= 15 is 0 Å². The molecule has 0 aromatic rings. The van der Waals surface area contributed by atoms with Crippen molar-refractivity contribution in [3.05, 3.63) is 0 Å². The van der Waals surface area contributed by atoms with Crippen LogP contribution in [0, 0.1) is 0 Å². The average Bonchev–Trinajstić information content (AvgIpc) is 2.05. The summed E-state index contributed by atoms with van der Waals surface area (Å²) in [6.07, 6.45) is 0. The van der Waals surface area contributed by atoms with Crippen molar-refractivity contribution in [2.45, 2.75) is 0 Å². The Morgan fingerprint density at radius 1 is 1.09 bits per heavy atom. The van der Waals surface area contributed by atoms with E-state index in [-0.39, 0.29) is 18.9 Å². The minimum atomic E-state index is -0.737. The molecule has 0 aromatic carbocycles. The molecule has 1 fully saturated rings. The van der Waals surface area contributed by atoms with Crippen molar-refractivity contribution in [2.75, 3.05) is 14.2 Å². The van der Waals surface area contributed by atoms with E-state index in [4.69, 9.17) is 4.57 Å². The van der Waals surface area contributed by atoms with E-state index in [0.29, 0.717) is 0 Å². The van der Waals surface area contributed by atoms with Crippen LogP contribution in [0.25, 0.3) is 0 Å². The zero-order chi connectivity index (χ0) is 7.40. The molecule has 11 heavy (non-hydrogen) atoms. The quantitative estimate of drug-likeness (QED) is 0.446. The second-order valence-electron chi connectivity index (χ2n) is 1.55. The van der Waals surface area contributed by atoms with Crippen LogP contribution in [0.1, 0.15) is 0 Å². The van der Waals surface area contributed by atoms with Gasteiger partial charge in [-0.25, -0.2) is 0 Å². The van der Waals surface area contributed by atoms with Crippen molar-refractivity contribution >= 4 is 41.2 Å². The fraction of sp³-hybridized carbons (Fsp3) is 1.00. The van der Waals surface area contributed by atoms with Gasteiger partial charge in [0.05, 0.1) is 0 Å². The first-order valence-corrected chi connectivity index (χ1v) is 2.70. The minimum absolute atomic E-state index is 0. The predicted octanol–water partition coefficient (Wildman–Crippen LogP) is -1.53. The monoisotopic (exact) mass is 150 g/mol. The molecule has 0 saturated carbocycles. The van der Waals surface area contributed by atoms with Gasteiger partial charge in [0.15, 0.2) is 0 Å². The van der Waals surface area contributed by atoms with Crippen molar-refractivity contribution < 1.29 is 23.0 Å². The SMILES string of the molecule is COB1O[B]OB(OC)O1.[Li]. The summed E-state index contributed by atoms with van der Waals surface area (Å²) in [5.41, 5.74) is 0. The van der Waals surface area contributed by atoms with Crippen molar-refractivity contribution in [1.29, 1.82) is 0 Å². The molecule has 0 unspecified atom stereocenters. The molecular formula is C2H6B3LiO5. The maximum Gasteiger partial charge on any atom is 0.612 e. The van der Waals surface area contributed by atoms with Crippen LogP contribution in [0.2, 0.25) is 0 Å². The average molecular weight is 149 g/mol. The fourth-order valence-electron chi connectivity index (χ4n) is 0.500. The summed E-state index contributed by atoms with van der Waals surface area (Å²) in [5.74, 6) is 0. The summed E-state index contributed by atoms with van der Waals surface area (Å²) in [6, 6.07) is 0. The van der Waals surface area contributed by atoms with E-state index in [9.17, 15) is 0 Å². The van der Waals surface area contributed by atoms with Gasteiger partial charge in [-0.15, -0.1) is 0 Å². The van der Waals surface area contributed by atoms with Gasteiger partial charge >= 0.3 is 22.3 Å². The van der Waals surface area contributed by atoms with E-state index in [1.54, 1.807) is 0 Å². The van der Waals surface area contributed by atoms with Crippen LogP contribution >= 0.6 is 0 Å². The largest absolute Gasteiger partial charge is 0.612 e. The van der Waals surface area contributed by atoms with Crippen LogP contribution in [-0.4, -0.2) is 55.4 Å². The van der Waals surface area contributed by atoms with E-state index in [1.165, 1.54) is 14.2 Å². The molecule has 0 aliphatic carbocycles. The van der Waals surface area contributed by atoms with E-state index < -0.39 is 14.6 Å². The second-order valence-corrected chi connectivity index (χ2v) is 1.55. The third-order valence-corrected chi connectivity index (χ3v) is 0.940. The van der Waals surface area contributed by atoms with E-state index in [1.807, 2.05) is 0 Å². The summed E-state index contributed by atoms with van der Waals surface area (Å²) in [4.78, 5) is 0. The van der Waals surface area contributed by atoms with E-state index in [2.05, 4.69) is 18.5 Å². The van der Waals surface area contributed by atoms with E-state index in [0.717, 1.165) is 7.69 Å². The van der Waals surface area contributed by atoms with Gasteiger partial charge in [-0.2, -0.15) is 0 Å². The molecule has 0 atom stereocenters. The zero-order valence-corrected chi connectivity index (χ0v) is 6.77. The third-order valence-electron chi connectivity index (χ3n) is 0.940. The standard InChI is InChI=1S/C2H6B3O5.Li/c1-6-4-8-3-9-5(7-2)10-4;/h1-2H3;. The maximum absolute atomic E-state index is 4.86. The Balaban J connectivity index is 0.000001000. The van der Waals surface area contributed by atoms with Crippen LogP contribution in [0.5, 0.6) is 0 Å². The molecule has 0 aromatic heterocycles. The molecule has 1 rings (SSSR count). The van der Waals surface area contributed by atoms with Crippen LogP contribution in [0.4, 0.5) is 0 Å². The van der Waals surface area contributed by atoms with Gasteiger partial charge < -0.3 is 23.0 Å². The van der Waals surface area contributed by atoms with Crippen LogP contribution < -0.4 is 0 Å². The van der Waals surface area contributed by atoms with Crippen molar-refractivity contribution in [3.63, 3.8) is 0 Å². The van der Waals surface area contributed by atoms with Crippen molar-refractivity contribution in [3.8, 4) is 0 Å². The molecular weight excluding hydrogens is 143 g/mol. The summed E-state index contributed by atoms with van der Waals surface area (Å²) >= 11 is 0. The maximum atomic E-state index is 4.86. The second kappa shape index (κ2) is 6.15. The summed E-state index contributed by atoms with van der Waals surface area (Å²) in [7, 11) is 2.55. The van der Waals surface area contributed by atoms with Gasteiger partial charge in [0.25, 0.3) is 0 Å². The Bertz CT molecular complexity index is 95.7. The molecule has 2 radical (unpaired) electrons. The molecule has 1 heterocycles. The topological polar surface area (TPSA) is 46.2 Å². The molecule has 54 valence electrons. The number of hydrogen-bond acceptors (Lipinski definition) is 5. The van der Waals surface area contributed by atoms with Gasteiger partial charge in [0.1, 0.15) is 0 Å². The van der Waals surface area contributed by atoms with Gasteiger partial charge in [-0.3, -0.25) is 0 Å². The molecule has 0 amide bonds. The number of rotatable bonds is 2. The summed E-state index contributed by atoms with van der Waals surface area (Å²) < 4.78 is 23.6. The van der Waals surface area contributed by atoms with Crippen LogP contribution in [0.15, 0.2) is 0 Å². The molecule has 1 aliphatic rings. The first-order chi connectivity index (χ1) is 4.86. The number of hydrogen-bond donors (Lipinski definition) is 0. The third kappa shape index (κ3) is 3.67. The Morgan fingerprint density at radius 2 is 1.55 bits per heavy atom. The summed E-state index contributed by atoms with van der Waals surface area (Å²) in [5, 5.41) is 0. The van der Waals surface area contributed by atoms with Crippen molar-refractivity contribution in [2.24, 2.45) is 0 Å².